The van der Waals surface area contributed by atoms with E-state index in [2.05, 4.69) is 20.8 Å². The number of carbonyl (C=O) groups is 3. The van der Waals surface area contributed by atoms with Gasteiger partial charge in [-0.1, -0.05) is 35.5 Å². The van der Waals surface area contributed by atoms with Crippen molar-refractivity contribution in [3.05, 3.63) is 95.5 Å². The number of fused-ring (bicyclic) bond motifs is 1. The van der Waals surface area contributed by atoms with E-state index in [1.165, 1.54) is 23.2 Å². The number of hydrogen-bond donors (Lipinski definition) is 2. The van der Waals surface area contributed by atoms with Crippen LogP contribution in [0.5, 0.6) is 0 Å². The highest BCUT2D eigenvalue weighted by molar-refractivity contribution is 6.11. The Balaban J connectivity index is 1.21. The van der Waals surface area contributed by atoms with E-state index in [4.69, 9.17) is 14.2 Å². The Morgan fingerprint density at radius 2 is 1.89 bits per heavy atom. The third-order valence-electron chi connectivity index (χ3n) is 8.09. The van der Waals surface area contributed by atoms with Crippen LogP contribution in [0.1, 0.15) is 57.9 Å². The van der Waals surface area contributed by atoms with Crippen LogP contribution >= 0.6 is 0 Å². The monoisotopic (exact) mass is 635 g/mol. The number of benzene rings is 2. The fourth-order valence-corrected chi connectivity index (χ4v) is 5.66. The second-order valence-electron chi connectivity index (χ2n) is 11.9. The van der Waals surface area contributed by atoms with Crippen molar-refractivity contribution in [2.24, 2.45) is 10.1 Å². The highest BCUT2D eigenvalue weighted by atomic mass is 16.6. The number of aromatic nitrogens is 1. The second kappa shape index (κ2) is 13.9. The van der Waals surface area contributed by atoms with Gasteiger partial charge in [0.15, 0.2) is 6.10 Å². The number of aliphatic imine (C=N–C) groups is 1. The average Bonchev–Trinajstić information content (AvgIpc) is 3.66. The summed E-state index contributed by atoms with van der Waals surface area (Å²) in [4.78, 5) is 57.5. The minimum atomic E-state index is -0.727. The number of nitrogens with one attached hydrogen (secondary N) is 2. The van der Waals surface area contributed by atoms with Crippen LogP contribution in [-0.4, -0.2) is 83.5 Å². The molecule has 2 aliphatic rings. The van der Waals surface area contributed by atoms with Gasteiger partial charge in [0, 0.05) is 44.3 Å². The third-order valence-corrected chi connectivity index (χ3v) is 8.09. The third kappa shape index (κ3) is 7.49. The smallest absolute Gasteiger partial charge is 0.271 e. The van der Waals surface area contributed by atoms with Crippen molar-refractivity contribution in [3.63, 3.8) is 0 Å². The molecule has 0 bridgehead atoms. The maximum absolute atomic E-state index is 13.9. The van der Waals surface area contributed by atoms with Crippen LogP contribution in [-0.2, 0) is 9.63 Å². The molecule has 2 N–H and O–H groups in total. The molecule has 242 valence electrons. The number of hydrogen-bond acceptors (Lipinski definition) is 8. The van der Waals surface area contributed by atoms with Gasteiger partial charge in [0.05, 0.1) is 17.8 Å². The van der Waals surface area contributed by atoms with Crippen molar-refractivity contribution in [2.75, 3.05) is 32.5 Å². The van der Waals surface area contributed by atoms with Crippen molar-refractivity contribution in [2.45, 2.75) is 44.8 Å². The van der Waals surface area contributed by atoms with E-state index in [9.17, 15) is 14.4 Å². The van der Waals surface area contributed by atoms with Crippen LogP contribution in [0.25, 0.3) is 11.0 Å². The van der Waals surface area contributed by atoms with Gasteiger partial charge in [-0.05, 0) is 68.1 Å². The van der Waals surface area contributed by atoms with Crippen LogP contribution in [0.15, 0.2) is 87.5 Å². The van der Waals surface area contributed by atoms with Gasteiger partial charge in [-0.15, -0.1) is 0 Å². The Labute approximate surface area is 272 Å². The molecular weight excluding hydrogens is 598 g/mol. The topological polar surface area (TPSA) is 142 Å². The number of amides is 3. The van der Waals surface area contributed by atoms with Crippen LogP contribution in [0.2, 0.25) is 0 Å². The highest BCUT2D eigenvalue weighted by Gasteiger charge is 2.32. The number of guanidine groups is 1. The molecule has 1 saturated heterocycles. The molecule has 1 unspecified atom stereocenters. The van der Waals surface area contributed by atoms with E-state index >= 15 is 0 Å². The number of anilines is 1. The first-order valence-corrected chi connectivity index (χ1v) is 15.6. The summed E-state index contributed by atoms with van der Waals surface area (Å²) in [5, 5.41) is 11.2. The summed E-state index contributed by atoms with van der Waals surface area (Å²) in [6, 6.07) is 19.6. The fourth-order valence-electron chi connectivity index (χ4n) is 5.66. The Morgan fingerprint density at radius 3 is 2.66 bits per heavy atom. The van der Waals surface area contributed by atoms with Gasteiger partial charge in [-0.3, -0.25) is 24.7 Å². The molecule has 2 aliphatic heterocycles. The van der Waals surface area contributed by atoms with Crippen LogP contribution in [0.3, 0.4) is 0 Å². The van der Waals surface area contributed by atoms with E-state index in [1.807, 2.05) is 61.5 Å². The Bertz CT molecular complexity index is 1830. The molecule has 0 aliphatic carbocycles. The predicted octanol–water partition coefficient (Wildman–Crippen LogP) is 4.61. The predicted molar refractivity (Wildman–Crippen MR) is 178 cm³/mol. The first-order chi connectivity index (χ1) is 22.7. The van der Waals surface area contributed by atoms with Crippen LogP contribution in [0, 0.1) is 6.92 Å². The van der Waals surface area contributed by atoms with Gasteiger partial charge < -0.3 is 24.4 Å². The zero-order chi connectivity index (χ0) is 32.9. The summed E-state index contributed by atoms with van der Waals surface area (Å²) in [6.45, 7) is 2.85. The van der Waals surface area contributed by atoms with Crippen molar-refractivity contribution < 1.29 is 23.6 Å². The van der Waals surface area contributed by atoms with Crippen molar-refractivity contribution in [1.82, 2.24) is 20.1 Å². The van der Waals surface area contributed by atoms with E-state index in [0.717, 1.165) is 40.8 Å². The zero-order valence-electron chi connectivity index (χ0n) is 26.6. The Morgan fingerprint density at radius 1 is 1.06 bits per heavy atom. The lowest BCUT2D eigenvalue weighted by molar-refractivity contribution is -0.133. The van der Waals surface area contributed by atoms with E-state index < -0.39 is 11.9 Å². The molecule has 0 radical (unpaired) electrons. The van der Waals surface area contributed by atoms with Gasteiger partial charge in [0.25, 0.3) is 11.8 Å². The van der Waals surface area contributed by atoms with Crippen LogP contribution < -0.4 is 10.6 Å². The van der Waals surface area contributed by atoms with Gasteiger partial charge in [-0.25, -0.2) is 4.99 Å². The Kier molecular flexibility index (Phi) is 9.28. The molecule has 2 atom stereocenters. The van der Waals surface area contributed by atoms with E-state index in [0.29, 0.717) is 31.6 Å². The maximum atomic E-state index is 13.9. The molecule has 4 heterocycles. The first kappa shape index (κ1) is 31.5. The number of nitrogens with zero attached hydrogens (tertiary/aromatic N) is 5. The molecule has 4 aromatic rings. The molecular formula is C35H37N7O5. The lowest BCUT2D eigenvalue weighted by atomic mass is 10.0. The highest BCUT2D eigenvalue weighted by Crippen LogP contribution is 2.24. The molecule has 0 spiro atoms. The zero-order valence-corrected chi connectivity index (χ0v) is 26.6. The summed E-state index contributed by atoms with van der Waals surface area (Å²) >= 11 is 0. The van der Waals surface area contributed by atoms with Gasteiger partial charge in [0.1, 0.15) is 23.1 Å². The number of pyridine rings is 1. The lowest BCUT2D eigenvalue weighted by Gasteiger charge is -2.25. The summed E-state index contributed by atoms with van der Waals surface area (Å²) in [7, 11) is 3.27. The summed E-state index contributed by atoms with van der Waals surface area (Å²) in [6.07, 6.45) is 3.83. The molecule has 2 aromatic carbocycles. The van der Waals surface area contributed by atoms with Crippen molar-refractivity contribution >= 4 is 46.0 Å². The summed E-state index contributed by atoms with van der Waals surface area (Å²) < 4.78 is 5.71. The number of oxime groups is 1. The van der Waals surface area contributed by atoms with Crippen molar-refractivity contribution in [3.8, 4) is 0 Å². The molecule has 0 saturated carbocycles. The normalized spacial score (nSPS) is 18.4. The standard InChI is InChI=1S/C35H37N7O5/c1-22-17-25-18-26(13-15-31(25)46-22)37-35(39-32(43)24-12-14-28(36-20-24)33(44)41(2)3)38-29-11-7-8-16-42(34(29)45)21-27-19-30(40-47-27)23-9-5-4-6-10-23/h4-6,9-10,12-15,17-18,20,27,29H,7-8,11,16,19,21H2,1-3H3,(H2,37,38,39,43)/t27?,29-/m0/s1. The van der Waals surface area contributed by atoms with E-state index in [1.54, 1.807) is 19.0 Å². The SMILES string of the molecule is Cc1cc2cc(NC(=N[C@H]3CCCCN(CC4CC(c5ccccc5)=NO4)C3=O)NC(=O)c3ccc(C(=O)N(C)C)nc3)ccc2o1. The number of likely N-dealkylation sites (tertiary alicyclic amines) is 1. The molecule has 12 nitrogen and oxygen atoms in total. The number of carbonyl (C=O) groups excluding carboxylic acids is 3. The Hall–Kier alpha value is -5.52. The quantitative estimate of drug-likeness (QED) is 0.223. The fraction of sp³-hybridized carbons (Fsp3) is 0.314. The largest absolute Gasteiger partial charge is 0.461 e. The first-order valence-electron chi connectivity index (χ1n) is 15.6. The minimum absolute atomic E-state index is 0.120. The summed E-state index contributed by atoms with van der Waals surface area (Å²) in [5.74, 6) is 0.000393. The average molecular weight is 636 g/mol. The minimum Gasteiger partial charge on any atom is -0.461 e. The number of furan rings is 1. The summed E-state index contributed by atoms with van der Waals surface area (Å²) in [5.41, 5.74) is 3.71. The van der Waals surface area contributed by atoms with Crippen LogP contribution in [0.4, 0.5) is 5.69 Å². The second-order valence-corrected chi connectivity index (χ2v) is 11.9. The number of rotatable bonds is 7. The van der Waals surface area contributed by atoms with E-state index in [-0.39, 0.29) is 35.1 Å². The molecule has 1 fully saturated rings. The number of aryl methyl sites for hydroxylation is 1. The molecule has 2 aromatic heterocycles. The molecule has 3 amide bonds. The van der Waals surface area contributed by atoms with Crippen molar-refractivity contribution in [1.29, 1.82) is 0 Å². The molecule has 6 rings (SSSR count). The molecule has 47 heavy (non-hydrogen) atoms. The molecule has 12 heteroatoms. The van der Waals surface area contributed by atoms with Gasteiger partial charge >= 0.3 is 0 Å². The maximum Gasteiger partial charge on any atom is 0.271 e. The van der Waals surface area contributed by atoms with Gasteiger partial charge in [-0.2, -0.15) is 0 Å². The van der Waals surface area contributed by atoms with Gasteiger partial charge in [0.2, 0.25) is 11.9 Å². The lowest BCUT2D eigenvalue weighted by Crippen LogP contribution is -2.43.